The largest absolute Gasteiger partial charge is 0.339 e. The SMILES string of the molecule is Cc1ccc2c(c1)-c1[nH]ncc1N=C(c1c(C)cccc1F)N2. The van der Waals surface area contributed by atoms with Crippen LogP contribution in [0.1, 0.15) is 16.7 Å². The van der Waals surface area contributed by atoms with Gasteiger partial charge in [-0.2, -0.15) is 5.10 Å². The van der Waals surface area contributed by atoms with Crippen molar-refractivity contribution in [3.8, 4) is 11.3 Å². The number of nitrogens with one attached hydrogen (secondary N) is 2. The van der Waals surface area contributed by atoms with Crippen molar-refractivity contribution in [3.63, 3.8) is 0 Å². The highest BCUT2D eigenvalue weighted by Crippen LogP contribution is 2.37. The fraction of sp³-hybridized carbons (Fsp3) is 0.111. The van der Waals surface area contributed by atoms with Crippen molar-refractivity contribution in [1.82, 2.24) is 10.2 Å². The van der Waals surface area contributed by atoms with Gasteiger partial charge < -0.3 is 5.32 Å². The van der Waals surface area contributed by atoms with E-state index in [0.717, 1.165) is 28.1 Å². The number of hydrogen-bond donors (Lipinski definition) is 2. The summed E-state index contributed by atoms with van der Waals surface area (Å²) < 4.78 is 14.4. The molecule has 0 atom stereocenters. The van der Waals surface area contributed by atoms with Gasteiger partial charge in [-0.1, -0.05) is 23.8 Å². The minimum absolute atomic E-state index is 0.295. The molecule has 1 aromatic heterocycles. The molecule has 0 saturated carbocycles. The molecule has 0 bridgehead atoms. The number of fused-ring (bicyclic) bond motifs is 3. The Kier molecular flexibility index (Phi) is 3.01. The Morgan fingerprint density at radius 3 is 2.78 bits per heavy atom. The first kappa shape index (κ1) is 13.7. The molecule has 0 spiro atoms. The monoisotopic (exact) mass is 306 g/mol. The lowest BCUT2D eigenvalue weighted by Crippen LogP contribution is -2.16. The molecule has 5 heteroatoms. The fourth-order valence-corrected chi connectivity index (χ4v) is 2.86. The average molecular weight is 306 g/mol. The highest BCUT2D eigenvalue weighted by molar-refractivity contribution is 6.13. The topological polar surface area (TPSA) is 53.1 Å². The Morgan fingerprint density at radius 2 is 1.96 bits per heavy atom. The summed E-state index contributed by atoms with van der Waals surface area (Å²) in [6.07, 6.45) is 1.66. The van der Waals surface area contributed by atoms with E-state index in [9.17, 15) is 4.39 Å². The second-order valence-electron chi connectivity index (χ2n) is 5.70. The molecule has 0 amide bonds. The Bertz CT molecular complexity index is 920. The van der Waals surface area contributed by atoms with Crippen molar-refractivity contribution in [3.05, 3.63) is 65.1 Å². The zero-order chi connectivity index (χ0) is 16.0. The van der Waals surface area contributed by atoms with E-state index in [1.807, 2.05) is 32.0 Å². The van der Waals surface area contributed by atoms with E-state index in [0.29, 0.717) is 17.1 Å². The molecule has 4 nitrogen and oxygen atoms in total. The molecule has 0 fully saturated rings. The van der Waals surface area contributed by atoms with E-state index in [1.54, 1.807) is 12.3 Å². The first-order chi connectivity index (χ1) is 11.1. The molecule has 0 aliphatic carbocycles. The fourth-order valence-electron chi connectivity index (χ4n) is 2.86. The number of aryl methyl sites for hydroxylation is 2. The number of hydrogen-bond acceptors (Lipinski definition) is 3. The van der Waals surface area contributed by atoms with Gasteiger partial charge in [0.25, 0.3) is 0 Å². The first-order valence-corrected chi connectivity index (χ1v) is 7.39. The molecule has 3 aromatic rings. The van der Waals surface area contributed by atoms with Gasteiger partial charge in [0.2, 0.25) is 0 Å². The summed E-state index contributed by atoms with van der Waals surface area (Å²) in [6, 6.07) is 11.1. The number of rotatable bonds is 1. The van der Waals surface area contributed by atoms with E-state index in [2.05, 4.69) is 26.6 Å². The van der Waals surface area contributed by atoms with Crippen LogP contribution in [0.25, 0.3) is 11.3 Å². The highest BCUT2D eigenvalue weighted by atomic mass is 19.1. The summed E-state index contributed by atoms with van der Waals surface area (Å²) in [5.41, 5.74) is 5.83. The van der Waals surface area contributed by atoms with Crippen molar-refractivity contribution < 1.29 is 4.39 Å². The van der Waals surface area contributed by atoms with E-state index in [1.165, 1.54) is 6.07 Å². The number of amidine groups is 1. The molecule has 2 heterocycles. The number of H-pyrrole nitrogens is 1. The molecular formula is C18H15FN4. The lowest BCUT2D eigenvalue weighted by Gasteiger charge is -2.13. The summed E-state index contributed by atoms with van der Waals surface area (Å²) in [6.45, 7) is 3.91. The van der Waals surface area contributed by atoms with Crippen molar-refractivity contribution >= 4 is 17.2 Å². The van der Waals surface area contributed by atoms with Crippen LogP contribution in [0.5, 0.6) is 0 Å². The van der Waals surface area contributed by atoms with Crippen LogP contribution in [-0.2, 0) is 0 Å². The molecule has 4 rings (SSSR count). The molecule has 114 valence electrons. The van der Waals surface area contributed by atoms with Gasteiger partial charge in [-0.3, -0.25) is 5.10 Å². The van der Waals surface area contributed by atoms with Gasteiger partial charge >= 0.3 is 0 Å². The van der Waals surface area contributed by atoms with E-state index < -0.39 is 0 Å². The molecule has 2 N–H and O–H groups in total. The average Bonchev–Trinajstić information content (AvgIpc) is 2.91. The third kappa shape index (κ3) is 2.21. The third-order valence-corrected chi connectivity index (χ3v) is 4.01. The van der Waals surface area contributed by atoms with Gasteiger partial charge in [0.05, 0.1) is 17.5 Å². The normalized spacial score (nSPS) is 12.7. The summed E-state index contributed by atoms with van der Waals surface area (Å²) in [5, 5.41) is 10.4. The minimum atomic E-state index is -0.295. The second kappa shape index (κ2) is 5.05. The number of benzene rings is 2. The van der Waals surface area contributed by atoms with Crippen LogP contribution in [0.2, 0.25) is 0 Å². The predicted molar refractivity (Wildman–Crippen MR) is 89.7 cm³/mol. The zero-order valence-corrected chi connectivity index (χ0v) is 12.8. The lowest BCUT2D eigenvalue weighted by atomic mass is 10.0. The van der Waals surface area contributed by atoms with Crippen molar-refractivity contribution in [1.29, 1.82) is 0 Å². The zero-order valence-electron chi connectivity index (χ0n) is 12.8. The first-order valence-electron chi connectivity index (χ1n) is 7.39. The van der Waals surface area contributed by atoms with E-state index in [4.69, 9.17) is 0 Å². The van der Waals surface area contributed by atoms with Gasteiger partial charge in [-0.25, -0.2) is 9.38 Å². The highest BCUT2D eigenvalue weighted by Gasteiger charge is 2.21. The van der Waals surface area contributed by atoms with Gasteiger partial charge in [0.15, 0.2) is 0 Å². The molecule has 2 aromatic carbocycles. The standard InChI is InChI=1S/C18H15FN4/c1-10-6-7-14-12(8-10)17-15(9-20-23-17)22-18(21-14)16-11(2)4-3-5-13(16)19/h3-9H,1-2H3,(H,20,23)(H,21,22). The molecule has 0 saturated heterocycles. The van der Waals surface area contributed by atoms with Crippen LogP contribution in [0.3, 0.4) is 0 Å². The predicted octanol–water partition coefficient (Wildman–Crippen LogP) is 4.34. The Labute approximate surface area is 133 Å². The number of aromatic amines is 1. The van der Waals surface area contributed by atoms with Crippen LogP contribution >= 0.6 is 0 Å². The summed E-state index contributed by atoms with van der Waals surface area (Å²) in [7, 11) is 0. The number of aromatic nitrogens is 2. The molecule has 0 radical (unpaired) electrons. The third-order valence-electron chi connectivity index (χ3n) is 4.01. The van der Waals surface area contributed by atoms with Gasteiger partial charge in [-0.15, -0.1) is 0 Å². The smallest absolute Gasteiger partial charge is 0.141 e. The van der Waals surface area contributed by atoms with E-state index in [-0.39, 0.29) is 5.82 Å². The van der Waals surface area contributed by atoms with Crippen LogP contribution in [-0.4, -0.2) is 16.0 Å². The van der Waals surface area contributed by atoms with Crippen LogP contribution < -0.4 is 5.32 Å². The molecule has 23 heavy (non-hydrogen) atoms. The van der Waals surface area contributed by atoms with Crippen molar-refractivity contribution in [2.75, 3.05) is 5.32 Å². The van der Waals surface area contributed by atoms with Crippen molar-refractivity contribution in [2.24, 2.45) is 4.99 Å². The maximum absolute atomic E-state index is 14.4. The van der Waals surface area contributed by atoms with Gasteiger partial charge in [0, 0.05) is 11.3 Å². The number of aliphatic imine (C=N–C) groups is 1. The summed E-state index contributed by atoms with van der Waals surface area (Å²) in [4.78, 5) is 4.61. The quantitative estimate of drug-likeness (QED) is 0.703. The molecular weight excluding hydrogens is 291 g/mol. The summed E-state index contributed by atoms with van der Waals surface area (Å²) >= 11 is 0. The maximum Gasteiger partial charge on any atom is 0.141 e. The maximum atomic E-state index is 14.4. The minimum Gasteiger partial charge on any atom is -0.339 e. The van der Waals surface area contributed by atoms with Gasteiger partial charge in [-0.05, 0) is 37.6 Å². The lowest BCUT2D eigenvalue weighted by molar-refractivity contribution is 0.624. The number of nitrogens with zero attached hydrogens (tertiary/aromatic N) is 2. The summed E-state index contributed by atoms with van der Waals surface area (Å²) in [5.74, 6) is 0.197. The molecule has 1 aliphatic rings. The number of anilines is 1. The van der Waals surface area contributed by atoms with E-state index >= 15 is 0 Å². The number of halogens is 1. The van der Waals surface area contributed by atoms with Gasteiger partial charge in [0.1, 0.15) is 17.3 Å². The molecule has 1 aliphatic heterocycles. The Hall–Kier alpha value is -2.95. The van der Waals surface area contributed by atoms with Crippen LogP contribution in [0, 0.1) is 19.7 Å². The molecule has 0 unspecified atom stereocenters. The van der Waals surface area contributed by atoms with Crippen molar-refractivity contribution in [2.45, 2.75) is 13.8 Å². The Balaban J connectivity index is 1.97. The Morgan fingerprint density at radius 1 is 1.09 bits per heavy atom. The second-order valence-corrected chi connectivity index (χ2v) is 5.70. The van der Waals surface area contributed by atoms with Crippen LogP contribution in [0.15, 0.2) is 47.6 Å². The van der Waals surface area contributed by atoms with Crippen LogP contribution in [0.4, 0.5) is 15.8 Å².